The van der Waals surface area contributed by atoms with Gasteiger partial charge in [0.2, 0.25) is 0 Å². The van der Waals surface area contributed by atoms with E-state index in [1.807, 2.05) is 11.3 Å². The Labute approximate surface area is 412 Å². The molecular weight excluding hydrogens is 868 g/mol. The molecule has 69 heavy (non-hydrogen) atoms. The highest BCUT2D eigenvalue weighted by Crippen LogP contribution is 2.57. The summed E-state index contributed by atoms with van der Waals surface area (Å²) in [5.41, 5.74) is 15.5. The Hall–Kier alpha value is -6.44. The molecule has 3 heterocycles. The van der Waals surface area contributed by atoms with Gasteiger partial charge < -0.3 is 14.7 Å². The highest BCUT2D eigenvalue weighted by atomic mass is 32.1. The largest absolute Gasteiger partial charge is 0.311 e. The number of anilines is 9. The molecular formula is C62H60BF2N3S. The van der Waals surface area contributed by atoms with Gasteiger partial charge in [0.25, 0.3) is 6.71 Å². The second-order valence-corrected chi connectivity index (χ2v) is 23.8. The molecule has 0 amide bonds. The van der Waals surface area contributed by atoms with E-state index in [-0.39, 0.29) is 33.9 Å². The van der Waals surface area contributed by atoms with Crippen LogP contribution in [-0.4, -0.2) is 6.71 Å². The Kier molecular flexibility index (Phi) is 10.5. The van der Waals surface area contributed by atoms with Crippen molar-refractivity contribution in [3.05, 3.63) is 191 Å². The summed E-state index contributed by atoms with van der Waals surface area (Å²) in [6.07, 6.45) is 2.13. The molecule has 8 aromatic rings. The van der Waals surface area contributed by atoms with Gasteiger partial charge in [0, 0.05) is 55.2 Å². The number of benzene rings is 7. The number of hydrogen-bond acceptors (Lipinski definition) is 4. The number of halogens is 2. The quantitative estimate of drug-likeness (QED) is 0.154. The van der Waals surface area contributed by atoms with Gasteiger partial charge in [-0.05, 0) is 153 Å². The van der Waals surface area contributed by atoms with Crippen LogP contribution in [-0.2, 0) is 21.7 Å². The maximum Gasteiger partial charge on any atom is 0.264 e. The van der Waals surface area contributed by atoms with Crippen LogP contribution >= 0.6 is 11.3 Å². The first-order valence-electron chi connectivity index (χ1n) is 24.5. The molecule has 346 valence electrons. The van der Waals surface area contributed by atoms with Crippen LogP contribution in [0.2, 0.25) is 0 Å². The van der Waals surface area contributed by atoms with E-state index >= 15 is 8.78 Å². The molecule has 0 bridgehead atoms. The molecule has 1 aromatic heterocycles. The fourth-order valence-corrected chi connectivity index (χ4v) is 12.9. The average Bonchev–Trinajstić information content (AvgIpc) is 3.74. The normalized spacial score (nSPS) is 15.6. The van der Waals surface area contributed by atoms with Gasteiger partial charge in [-0.3, -0.25) is 0 Å². The minimum Gasteiger partial charge on any atom is -0.311 e. The molecule has 0 spiro atoms. The predicted octanol–water partition coefficient (Wildman–Crippen LogP) is 16.2. The summed E-state index contributed by atoms with van der Waals surface area (Å²) >= 11 is 1.98. The van der Waals surface area contributed by atoms with Crippen LogP contribution in [0.5, 0.6) is 0 Å². The molecule has 3 aliphatic rings. The molecule has 0 fully saturated rings. The number of thiophene rings is 1. The highest BCUT2D eigenvalue weighted by molar-refractivity contribution is 7.29. The van der Waals surface area contributed by atoms with Crippen molar-refractivity contribution in [3.63, 3.8) is 0 Å². The Balaban J connectivity index is 1.28. The lowest BCUT2D eigenvalue weighted by Crippen LogP contribution is -2.60. The van der Waals surface area contributed by atoms with Crippen molar-refractivity contribution in [1.29, 1.82) is 0 Å². The lowest BCUT2D eigenvalue weighted by Gasteiger charge is -2.45. The molecule has 3 nitrogen and oxygen atoms in total. The zero-order valence-corrected chi connectivity index (χ0v) is 42.3. The predicted molar refractivity (Wildman–Crippen MR) is 291 cm³/mol. The smallest absolute Gasteiger partial charge is 0.264 e. The van der Waals surface area contributed by atoms with Gasteiger partial charge in [-0.1, -0.05) is 142 Å². The topological polar surface area (TPSA) is 9.72 Å². The van der Waals surface area contributed by atoms with E-state index in [9.17, 15) is 0 Å². The van der Waals surface area contributed by atoms with Crippen LogP contribution in [0, 0.1) is 11.6 Å². The Bertz CT molecular complexity index is 3210. The number of fused-ring (bicyclic) bond motifs is 6. The van der Waals surface area contributed by atoms with Gasteiger partial charge in [-0.25, -0.2) is 8.78 Å². The van der Waals surface area contributed by atoms with Crippen LogP contribution in [0.15, 0.2) is 158 Å². The van der Waals surface area contributed by atoms with E-state index in [1.165, 1.54) is 55.7 Å². The molecule has 0 N–H and O–H groups in total. The first-order valence-corrected chi connectivity index (χ1v) is 25.3. The number of nitrogens with zero attached hydrogens (tertiary/aromatic N) is 3. The minimum atomic E-state index is -0.590. The van der Waals surface area contributed by atoms with Crippen LogP contribution in [0.25, 0.3) is 11.1 Å². The van der Waals surface area contributed by atoms with Crippen LogP contribution in [0.4, 0.5) is 60.0 Å². The van der Waals surface area contributed by atoms with Gasteiger partial charge in [-0.2, -0.15) is 11.3 Å². The van der Waals surface area contributed by atoms with E-state index in [4.69, 9.17) is 0 Å². The lowest BCUT2D eigenvalue weighted by atomic mass is 9.36. The molecule has 0 unspecified atom stereocenters. The van der Waals surface area contributed by atoms with Crippen molar-refractivity contribution in [2.45, 2.75) is 104 Å². The van der Waals surface area contributed by atoms with E-state index < -0.39 is 11.6 Å². The summed E-state index contributed by atoms with van der Waals surface area (Å²) in [5, 5.41) is 0. The van der Waals surface area contributed by atoms with Crippen LogP contribution in [0.1, 0.15) is 104 Å². The van der Waals surface area contributed by atoms with Gasteiger partial charge in [0.15, 0.2) is 0 Å². The van der Waals surface area contributed by atoms with Crippen molar-refractivity contribution < 1.29 is 8.78 Å². The van der Waals surface area contributed by atoms with E-state index in [1.54, 1.807) is 0 Å². The van der Waals surface area contributed by atoms with Gasteiger partial charge in [0.1, 0.15) is 11.6 Å². The zero-order valence-electron chi connectivity index (χ0n) is 41.5. The molecule has 0 radical (unpaired) electrons. The zero-order chi connectivity index (χ0) is 48.4. The van der Waals surface area contributed by atoms with Crippen molar-refractivity contribution in [2.75, 3.05) is 14.7 Å². The second-order valence-electron chi connectivity index (χ2n) is 22.8. The summed E-state index contributed by atoms with van der Waals surface area (Å²) in [5.74, 6) is -1.18. The molecule has 1 aliphatic carbocycles. The SMILES string of the molecule is CC(C)(C)c1ccc(N2c3cc(N(c4ccccc4)c4ccccc4)ccc3B3c4sc5c(c4N(c4ccc(C(C)(C)C)cc4)c4cc(-c6c(F)cccc6F)cc2c43)C(C)(C)CCC5(C)C)cc1. The Morgan fingerprint density at radius 2 is 1.04 bits per heavy atom. The first kappa shape index (κ1) is 45.0. The van der Waals surface area contributed by atoms with Crippen molar-refractivity contribution in [3.8, 4) is 11.1 Å². The Morgan fingerprint density at radius 1 is 0.536 bits per heavy atom. The lowest BCUT2D eigenvalue weighted by molar-refractivity contribution is 0.339. The molecule has 7 heteroatoms. The molecule has 11 rings (SSSR count). The minimum absolute atomic E-state index is 0.0300. The average molecular weight is 928 g/mol. The summed E-state index contributed by atoms with van der Waals surface area (Å²) in [7, 11) is 0. The first-order chi connectivity index (χ1) is 32.8. The third-order valence-electron chi connectivity index (χ3n) is 15.1. The fraction of sp³-hybridized carbons (Fsp3) is 0.258. The van der Waals surface area contributed by atoms with Gasteiger partial charge in [0.05, 0.1) is 11.3 Å². The second kappa shape index (κ2) is 16.1. The summed E-state index contributed by atoms with van der Waals surface area (Å²) < 4.78 is 34.3. The molecule has 2 aliphatic heterocycles. The standard InChI is InChI=1S/C62H60BF2N3S/c1-59(2,3)40-24-28-44(29-25-40)67-50-38-46(66(42-18-13-11-14-19-42)43-20-15-12-16-21-43)32-33-47(50)63-55-51(67)36-39(53-48(64)22-17-23-49(53)65)37-52(55)68(45-30-26-41(27-31-45)60(4,5)6)56-54-57(69-58(56)63)62(9,10)35-34-61(54,7)8/h11-33,36-38H,34-35H2,1-10H3. The molecule has 0 saturated heterocycles. The van der Waals surface area contributed by atoms with Crippen molar-refractivity contribution in [2.24, 2.45) is 0 Å². The number of hydrogen-bond donors (Lipinski definition) is 0. The third kappa shape index (κ3) is 7.42. The summed E-state index contributed by atoms with van der Waals surface area (Å²) in [4.78, 5) is 8.57. The number of para-hydroxylation sites is 2. The number of rotatable bonds is 6. The maximum absolute atomic E-state index is 16.5. The summed E-state index contributed by atoms with van der Waals surface area (Å²) in [6, 6.07) is 54.3. The molecule has 0 saturated carbocycles. The van der Waals surface area contributed by atoms with Gasteiger partial charge >= 0.3 is 0 Å². The van der Waals surface area contributed by atoms with Crippen LogP contribution < -0.4 is 30.4 Å². The van der Waals surface area contributed by atoms with Crippen LogP contribution in [0.3, 0.4) is 0 Å². The summed E-state index contributed by atoms with van der Waals surface area (Å²) in [6.45, 7) is 22.9. The maximum atomic E-state index is 16.5. The monoisotopic (exact) mass is 927 g/mol. The molecule has 7 aromatic carbocycles. The van der Waals surface area contributed by atoms with Gasteiger partial charge in [-0.15, -0.1) is 0 Å². The Morgan fingerprint density at radius 3 is 1.58 bits per heavy atom. The van der Waals surface area contributed by atoms with E-state index in [0.29, 0.717) is 5.56 Å². The fourth-order valence-electron chi connectivity index (χ4n) is 11.2. The van der Waals surface area contributed by atoms with E-state index in [0.717, 1.165) is 63.8 Å². The van der Waals surface area contributed by atoms with E-state index in [2.05, 4.69) is 223 Å². The highest BCUT2D eigenvalue weighted by Gasteiger charge is 2.51. The third-order valence-corrected chi connectivity index (χ3v) is 16.7. The molecule has 0 atom stereocenters. The van der Waals surface area contributed by atoms with Crippen molar-refractivity contribution >= 4 is 84.9 Å². The van der Waals surface area contributed by atoms with Crippen molar-refractivity contribution in [1.82, 2.24) is 0 Å².